The van der Waals surface area contributed by atoms with Gasteiger partial charge in [0.1, 0.15) is 0 Å². The summed E-state index contributed by atoms with van der Waals surface area (Å²) in [5, 5.41) is 2.11. The molecule has 4 rings (SSSR count). The van der Waals surface area contributed by atoms with Gasteiger partial charge in [-0.05, 0) is 23.6 Å². The number of aromatic nitrogens is 3. The Hall–Kier alpha value is -2.21. The Labute approximate surface area is 126 Å². The van der Waals surface area contributed by atoms with E-state index in [1.165, 1.54) is 10.4 Å². The minimum Gasteiger partial charge on any atom is -0.367 e. The van der Waals surface area contributed by atoms with E-state index >= 15 is 0 Å². The Morgan fingerprint density at radius 1 is 0.857 bits per heavy atom. The van der Waals surface area contributed by atoms with Gasteiger partial charge in [0, 0.05) is 44.8 Å². The SMILES string of the molecule is c1cnc(N2CCN(c3ccnc4ccsc34)CC2)nc1. The third-order valence-electron chi connectivity index (χ3n) is 3.78. The third kappa shape index (κ3) is 2.31. The van der Waals surface area contributed by atoms with Crippen LogP contribution in [0.3, 0.4) is 0 Å². The molecule has 0 unspecified atom stereocenters. The first-order valence-corrected chi connectivity index (χ1v) is 7.89. The number of piperazine rings is 1. The molecule has 21 heavy (non-hydrogen) atoms. The van der Waals surface area contributed by atoms with Crippen molar-refractivity contribution in [2.45, 2.75) is 0 Å². The van der Waals surface area contributed by atoms with Gasteiger partial charge in [-0.1, -0.05) is 0 Å². The molecular weight excluding hydrogens is 282 g/mol. The van der Waals surface area contributed by atoms with Crippen LogP contribution in [0.1, 0.15) is 0 Å². The highest BCUT2D eigenvalue weighted by molar-refractivity contribution is 7.17. The Balaban J connectivity index is 1.54. The molecule has 0 saturated carbocycles. The van der Waals surface area contributed by atoms with Crippen LogP contribution in [-0.4, -0.2) is 41.1 Å². The third-order valence-corrected chi connectivity index (χ3v) is 4.70. The van der Waals surface area contributed by atoms with Crippen molar-refractivity contribution in [3.05, 3.63) is 42.2 Å². The molecule has 1 aliphatic heterocycles. The highest BCUT2D eigenvalue weighted by atomic mass is 32.1. The molecule has 1 saturated heterocycles. The molecule has 3 aromatic rings. The van der Waals surface area contributed by atoms with Gasteiger partial charge in [-0.2, -0.15) is 0 Å². The zero-order valence-electron chi connectivity index (χ0n) is 11.5. The van der Waals surface area contributed by atoms with Gasteiger partial charge in [0.25, 0.3) is 0 Å². The fraction of sp³-hybridized carbons (Fsp3) is 0.267. The van der Waals surface area contributed by atoms with Crippen LogP contribution in [0.5, 0.6) is 0 Å². The number of thiophene rings is 1. The molecule has 0 atom stereocenters. The topological polar surface area (TPSA) is 45.2 Å². The van der Waals surface area contributed by atoms with Crippen molar-refractivity contribution in [3.8, 4) is 0 Å². The van der Waals surface area contributed by atoms with Crippen molar-refractivity contribution in [2.75, 3.05) is 36.0 Å². The quantitative estimate of drug-likeness (QED) is 0.727. The van der Waals surface area contributed by atoms with Crippen LogP contribution < -0.4 is 9.80 Å². The van der Waals surface area contributed by atoms with Crippen LogP contribution >= 0.6 is 11.3 Å². The molecule has 0 spiro atoms. The molecule has 3 aromatic heterocycles. The van der Waals surface area contributed by atoms with E-state index < -0.39 is 0 Å². The second-order valence-corrected chi connectivity index (χ2v) is 5.90. The summed E-state index contributed by atoms with van der Waals surface area (Å²) >= 11 is 1.76. The first kappa shape index (κ1) is 12.5. The molecule has 0 bridgehead atoms. The van der Waals surface area contributed by atoms with E-state index in [9.17, 15) is 0 Å². The van der Waals surface area contributed by atoms with Crippen molar-refractivity contribution in [1.29, 1.82) is 0 Å². The fourth-order valence-corrected chi connectivity index (χ4v) is 3.60. The molecule has 106 valence electrons. The summed E-state index contributed by atoms with van der Waals surface area (Å²) < 4.78 is 1.28. The number of rotatable bonds is 2. The van der Waals surface area contributed by atoms with Crippen LogP contribution in [0.2, 0.25) is 0 Å². The lowest BCUT2D eigenvalue weighted by Gasteiger charge is -2.36. The number of hydrogen-bond donors (Lipinski definition) is 0. The van der Waals surface area contributed by atoms with Gasteiger partial charge in [-0.25, -0.2) is 9.97 Å². The van der Waals surface area contributed by atoms with Crippen molar-refractivity contribution in [1.82, 2.24) is 15.0 Å². The first-order valence-electron chi connectivity index (χ1n) is 7.01. The Morgan fingerprint density at radius 3 is 2.43 bits per heavy atom. The summed E-state index contributed by atoms with van der Waals surface area (Å²) in [7, 11) is 0. The highest BCUT2D eigenvalue weighted by Gasteiger charge is 2.20. The summed E-state index contributed by atoms with van der Waals surface area (Å²) in [5.41, 5.74) is 2.38. The van der Waals surface area contributed by atoms with Crippen LogP contribution in [0, 0.1) is 0 Å². The molecule has 5 nitrogen and oxygen atoms in total. The van der Waals surface area contributed by atoms with E-state index in [0.717, 1.165) is 37.6 Å². The second-order valence-electron chi connectivity index (χ2n) is 4.99. The van der Waals surface area contributed by atoms with E-state index in [2.05, 4.69) is 42.3 Å². The van der Waals surface area contributed by atoms with Crippen molar-refractivity contribution >= 4 is 33.2 Å². The van der Waals surface area contributed by atoms with Crippen molar-refractivity contribution < 1.29 is 0 Å². The number of hydrogen-bond acceptors (Lipinski definition) is 6. The van der Waals surface area contributed by atoms with Crippen molar-refractivity contribution in [3.63, 3.8) is 0 Å². The lowest BCUT2D eigenvalue weighted by molar-refractivity contribution is 0.641. The first-order chi connectivity index (χ1) is 10.4. The minimum atomic E-state index is 0.827. The number of fused-ring (bicyclic) bond motifs is 1. The molecule has 0 aliphatic carbocycles. The molecule has 0 amide bonds. The van der Waals surface area contributed by atoms with E-state index in [1.807, 2.05) is 12.3 Å². The maximum Gasteiger partial charge on any atom is 0.225 e. The minimum absolute atomic E-state index is 0.827. The molecule has 6 heteroatoms. The normalized spacial score (nSPS) is 15.6. The summed E-state index contributed by atoms with van der Waals surface area (Å²) in [6, 6.07) is 6.05. The van der Waals surface area contributed by atoms with Gasteiger partial charge in [-0.3, -0.25) is 4.98 Å². The molecule has 0 N–H and O–H groups in total. The van der Waals surface area contributed by atoms with Crippen LogP contribution in [0.25, 0.3) is 10.2 Å². The van der Waals surface area contributed by atoms with Gasteiger partial charge in [0.05, 0.1) is 15.9 Å². The van der Waals surface area contributed by atoms with Gasteiger partial charge < -0.3 is 9.80 Å². The van der Waals surface area contributed by atoms with E-state index in [4.69, 9.17) is 0 Å². The van der Waals surface area contributed by atoms with E-state index in [0.29, 0.717) is 0 Å². The maximum atomic E-state index is 4.41. The largest absolute Gasteiger partial charge is 0.367 e. The van der Waals surface area contributed by atoms with Gasteiger partial charge in [0.15, 0.2) is 0 Å². The van der Waals surface area contributed by atoms with Crippen molar-refractivity contribution in [2.24, 2.45) is 0 Å². The number of nitrogens with zero attached hydrogens (tertiary/aromatic N) is 5. The predicted molar refractivity (Wildman–Crippen MR) is 86.1 cm³/mol. The monoisotopic (exact) mass is 297 g/mol. The van der Waals surface area contributed by atoms with E-state index in [1.54, 1.807) is 23.7 Å². The van der Waals surface area contributed by atoms with E-state index in [-0.39, 0.29) is 0 Å². The molecule has 0 aromatic carbocycles. The molecule has 0 radical (unpaired) electrons. The maximum absolute atomic E-state index is 4.41. The van der Waals surface area contributed by atoms with Crippen LogP contribution in [0.15, 0.2) is 42.2 Å². The lowest BCUT2D eigenvalue weighted by Crippen LogP contribution is -2.47. The van der Waals surface area contributed by atoms with Gasteiger partial charge in [-0.15, -0.1) is 11.3 Å². The standard InChI is InChI=1S/C15H15N5S/c1-4-17-15(18-5-1)20-9-7-19(8-10-20)13-2-6-16-12-3-11-21-14(12)13/h1-6,11H,7-10H2. The number of anilines is 2. The summed E-state index contributed by atoms with van der Waals surface area (Å²) in [6.45, 7) is 3.85. The smallest absolute Gasteiger partial charge is 0.225 e. The second kappa shape index (κ2) is 5.29. The summed E-state index contributed by atoms with van der Waals surface area (Å²) in [5.74, 6) is 0.827. The predicted octanol–water partition coefficient (Wildman–Crippen LogP) is 2.41. The molecule has 1 aliphatic rings. The average molecular weight is 297 g/mol. The van der Waals surface area contributed by atoms with Gasteiger partial charge in [0.2, 0.25) is 5.95 Å². The number of pyridine rings is 1. The zero-order chi connectivity index (χ0) is 14.1. The zero-order valence-corrected chi connectivity index (χ0v) is 12.3. The Kier molecular flexibility index (Phi) is 3.16. The van der Waals surface area contributed by atoms with Gasteiger partial charge >= 0.3 is 0 Å². The summed E-state index contributed by atoms with van der Waals surface area (Å²) in [6.07, 6.45) is 5.50. The summed E-state index contributed by atoms with van der Waals surface area (Å²) in [4.78, 5) is 17.7. The highest BCUT2D eigenvalue weighted by Crippen LogP contribution is 2.30. The van der Waals surface area contributed by atoms with Crippen LogP contribution in [0.4, 0.5) is 11.6 Å². The average Bonchev–Trinajstić information content (AvgIpc) is 3.04. The molecule has 1 fully saturated rings. The molecular formula is C15H15N5S. The Morgan fingerprint density at radius 2 is 1.62 bits per heavy atom. The lowest BCUT2D eigenvalue weighted by atomic mass is 10.2. The van der Waals surface area contributed by atoms with Crippen LogP contribution in [-0.2, 0) is 0 Å². The molecule has 4 heterocycles. The Bertz CT molecular complexity index is 734. The fourth-order valence-electron chi connectivity index (χ4n) is 2.71.